The van der Waals surface area contributed by atoms with Gasteiger partial charge in [0, 0.05) is 23.3 Å². The van der Waals surface area contributed by atoms with E-state index in [1.807, 2.05) is 13.8 Å². The zero-order valence-electron chi connectivity index (χ0n) is 13.3. The molecule has 23 heavy (non-hydrogen) atoms. The highest BCUT2D eigenvalue weighted by Crippen LogP contribution is 2.24. The van der Waals surface area contributed by atoms with Gasteiger partial charge in [-0.25, -0.2) is 4.79 Å². The summed E-state index contributed by atoms with van der Waals surface area (Å²) in [6.07, 6.45) is 1.00. The summed E-state index contributed by atoms with van der Waals surface area (Å²) in [7, 11) is 0. The Morgan fingerprint density at radius 1 is 1.09 bits per heavy atom. The van der Waals surface area contributed by atoms with E-state index in [1.165, 1.54) is 6.20 Å². The van der Waals surface area contributed by atoms with Crippen molar-refractivity contribution in [3.8, 4) is 0 Å². The zero-order chi connectivity index (χ0) is 16.8. The largest absolute Gasteiger partial charge is 0.450 e. The van der Waals surface area contributed by atoms with Gasteiger partial charge < -0.3 is 10.1 Å². The van der Waals surface area contributed by atoms with Crippen LogP contribution >= 0.6 is 0 Å². The quantitative estimate of drug-likeness (QED) is 0.905. The van der Waals surface area contributed by atoms with Crippen LogP contribution in [0.3, 0.4) is 0 Å². The van der Waals surface area contributed by atoms with Crippen LogP contribution in [0.2, 0.25) is 0 Å². The standard InChI is InChI=1S/C17H19N3O3/c1-4-23-17(22)20-15-7-5-6-14(12(15)3)19-16(21)13-9-8-11(2)18-10-13/h5-10H,4H2,1-3H3,(H,19,21)(H,20,22). The number of anilines is 2. The Balaban J connectivity index is 2.15. The first kappa shape index (κ1) is 16.5. The van der Waals surface area contributed by atoms with Gasteiger partial charge in [0.1, 0.15) is 0 Å². The molecule has 120 valence electrons. The fourth-order valence-corrected chi connectivity index (χ4v) is 1.98. The number of hydrogen-bond acceptors (Lipinski definition) is 4. The maximum atomic E-state index is 12.3. The number of nitrogens with one attached hydrogen (secondary N) is 2. The first-order valence-corrected chi connectivity index (χ1v) is 7.28. The molecule has 1 aromatic heterocycles. The van der Waals surface area contributed by atoms with Crippen molar-refractivity contribution in [3.05, 3.63) is 53.3 Å². The number of nitrogens with zero attached hydrogens (tertiary/aromatic N) is 1. The normalized spacial score (nSPS) is 10.0. The maximum Gasteiger partial charge on any atom is 0.411 e. The van der Waals surface area contributed by atoms with Crippen LogP contribution in [0.25, 0.3) is 0 Å². The van der Waals surface area contributed by atoms with Gasteiger partial charge in [-0.3, -0.25) is 15.1 Å². The molecule has 1 aromatic carbocycles. The summed E-state index contributed by atoms with van der Waals surface area (Å²) < 4.78 is 4.86. The lowest BCUT2D eigenvalue weighted by atomic mass is 10.1. The topological polar surface area (TPSA) is 80.3 Å². The highest BCUT2D eigenvalue weighted by atomic mass is 16.5. The van der Waals surface area contributed by atoms with E-state index in [9.17, 15) is 9.59 Å². The average Bonchev–Trinajstić information content (AvgIpc) is 2.52. The highest BCUT2D eigenvalue weighted by molar-refractivity contribution is 6.05. The summed E-state index contributed by atoms with van der Waals surface area (Å²) in [5.74, 6) is -0.256. The summed E-state index contributed by atoms with van der Waals surface area (Å²) >= 11 is 0. The van der Waals surface area contributed by atoms with Crippen molar-refractivity contribution in [2.75, 3.05) is 17.2 Å². The second-order valence-corrected chi connectivity index (χ2v) is 4.97. The van der Waals surface area contributed by atoms with E-state index in [2.05, 4.69) is 15.6 Å². The molecule has 2 N–H and O–H groups in total. The predicted molar refractivity (Wildman–Crippen MR) is 88.8 cm³/mol. The summed E-state index contributed by atoms with van der Waals surface area (Å²) in [5, 5.41) is 5.47. The van der Waals surface area contributed by atoms with Crippen LogP contribution in [0.5, 0.6) is 0 Å². The Hall–Kier alpha value is -2.89. The molecule has 0 saturated heterocycles. The molecule has 0 aliphatic rings. The van der Waals surface area contributed by atoms with Crippen molar-refractivity contribution < 1.29 is 14.3 Å². The fraction of sp³-hybridized carbons (Fsp3) is 0.235. The molecule has 1 heterocycles. The first-order valence-electron chi connectivity index (χ1n) is 7.28. The molecule has 0 atom stereocenters. The van der Waals surface area contributed by atoms with E-state index < -0.39 is 6.09 Å². The minimum Gasteiger partial charge on any atom is -0.450 e. The van der Waals surface area contributed by atoms with E-state index in [-0.39, 0.29) is 5.91 Å². The van der Waals surface area contributed by atoms with Gasteiger partial charge in [-0.2, -0.15) is 0 Å². The Labute approximate surface area is 134 Å². The molecular formula is C17H19N3O3. The number of aryl methyl sites for hydroxylation is 1. The molecule has 6 heteroatoms. The van der Waals surface area contributed by atoms with E-state index >= 15 is 0 Å². The van der Waals surface area contributed by atoms with Gasteiger partial charge in [0.2, 0.25) is 0 Å². The molecule has 0 fully saturated rings. The van der Waals surface area contributed by atoms with Crippen molar-refractivity contribution >= 4 is 23.4 Å². The van der Waals surface area contributed by atoms with Crippen LogP contribution in [-0.2, 0) is 4.74 Å². The van der Waals surface area contributed by atoms with Gasteiger partial charge in [-0.15, -0.1) is 0 Å². The summed E-state index contributed by atoms with van der Waals surface area (Å²) in [5.41, 5.74) is 3.26. The Bertz CT molecular complexity index is 712. The van der Waals surface area contributed by atoms with Crippen LogP contribution in [0.4, 0.5) is 16.2 Å². The van der Waals surface area contributed by atoms with E-state index in [1.54, 1.807) is 37.3 Å². The second-order valence-electron chi connectivity index (χ2n) is 4.97. The highest BCUT2D eigenvalue weighted by Gasteiger charge is 2.11. The Morgan fingerprint density at radius 3 is 2.39 bits per heavy atom. The molecule has 6 nitrogen and oxygen atoms in total. The number of amides is 2. The van der Waals surface area contributed by atoms with Gasteiger partial charge in [-0.1, -0.05) is 6.07 Å². The molecule has 0 spiro atoms. The van der Waals surface area contributed by atoms with Crippen LogP contribution in [0, 0.1) is 13.8 Å². The van der Waals surface area contributed by atoms with Crippen LogP contribution in [0.15, 0.2) is 36.5 Å². The fourth-order valence-electron chi connectivity index (χ4n) is 1.98. The lowest BCUT2D eigenvalue weighted by Gasteiger charge is -2.13. The lowest BCUT2D eigenvalue weighted by Crippen LogP contribution is -2.16. The van der Waals surface area contributed by atoms with E-state index in [0.717, 1.165) is 11.3 Å². The lowest BCUT2D eigenvalue weighted by molar-refractivity contribution is 0.102. The minimum atomic E-state index is -0.526. The summed E-state index contributed by atoms with van der Waals surface area (Å²) in [4.78, 5) is 27.9. The number of carbonyl (C=O) groups is 2. The molecule has 2 aromatic rings. The predicted octanol–water partition coefficient (Wildman–Crippen LogP) is 3.52. The molecule has 0 saturated carbocycles. The van der Waals surface area contributed by atoms with Crippen molar-refractivity contribution in [3.63, 3.8) is 0 Å². The number of carbonyl (C=O) groups excluding carboxylic acids is 2. The Kier molecular flexibility index (Phi) is 5.30. The van der Waals surface area contributed by atoms with Crippen molar-refractivity contribution in [1.29, 1.82) is 0 Å². The van der Waals surface area contributed by atoms with Gasteiger partial charge in [0.05, 0.1) is 12.2 Å². The Morgan fingerprint density at radius 2 is 1.78 bits per heavy atom. The molecule has 0 aliphatic carbocycles. The third-order valence-electron chi connectivity index (χ3n) is 3.27. The van der Waals surface area contributed by atoms with Crippen molar-refractivity contribution in [1.82, 2.24) is 4.98 Å². The molecule has 0 radical (unpaired) electrons. The number of ether oxygens (including phenoxy) is 1. The average molecular weight is 313 g/mol. The summed E-state index contributed by atoms with van der Waals surface area (Å²) in [6, 6.07) is 8.76. The monoisotopic (exact) mass is 313 g/mol. The van der Waals surface area contributed by atoms with Crippen LogP contribution < -0.4 is 10.6 Å². The van der Waals surface area contributed by atoms with Crippen molar-refractivity contribution in [2.24, 2.45) is 0 Å². The second kappa shape index (κ2) is 7.40. The minimum absolute atomic E-state index is 0.256. The maximum absolute atomic E-state index is 12.3. The molecule has 0 bridgehead atoms. The number of hydrogen-bond donors (Lipinski definition) is 2. The third-order valence-corrected chi connectivity index (χ3v) is 3.27. The van der Waals surface area contributed by atoms with Crippen molar-refractivity contribution in [2.45, 2.75) is 20.8 Å². The van der Waals surface area contributed by atoms with Gasteiger partial charge in [-0.05, 0) is 50.6 Å². The first-order chi connectivity index (χ1) is 11.0. The van der Waals surface area contributed by atoms with E-state index in [4.69, 9.17) is 4.74 Å². The van der Waals surface area contributed by atoms with Gasteiger partial charge in [0.25, 0.3) is 5.91 Å². The SMILES string of the molecule is CCOC(=O)Nc1cccc(NC(=O)c2ccc(C)nc2)c1C. The number of aromatic nitrogens is 1. The van der Waals surface area contributed by atoms with E-state index in [0.29, 0.717) is 23.5 Å². The molecule has 2 rings (SSSR count). The summed E-state index contributed by atoms with van der Waals surface area (Å²) in [6.45, 7) is 5.70. The molecule has 0 aliphatic heterocycles. The smallest absolute Gasteiger partial charge is 0.411 e. The molecule has 2 amide bonds. The van der Waals surface area contributed by atoms with Gasteiger partial charge >= 0.3 is 6.09 Å². The third kappa shape index (κ3) is 4.29. The van der Waals surface area contributed by atoms with Crippen LogP contribution in [0.1, 0.15) is 28.5 Å². The number of benzene rings is 1. The zero-order valence-corrected chi connectivity index (χ0v) is 13.3. The van der Waals surface area contributed by atoms with Gasteiger partial charge in [0.15, 0.2) is 0 Å². The van der Waals surface area contributed by atoms with Crippen LogP contribution in [-0.4, -0.2) is 23.6 Å². The molecular weight excluding hydrogens is 294 g/mol. The number of rotatable bonds is 4. The molecule has 0 unspecified atom stereocenters. The number of pyridine rings is 1.